The standard InChI is InChI=1S/C22H28N4O/c1-17-4-3-10-23-21(17)18-5-7-19(8-6-18)22(27)26-11-9-20(16-26)25-14-12-24(2)13-15-25/h3-8,10,20H,9,11-16H2,1-2H3/t20-/m0/s1. The number of nitrogens with zero attached hydrogens (tertiary/aromatic N) is 4. The van der Waals surface area contributed by atoms with Crippen LogP contribution in [0.2, 0.25) is 0 Å². The molecule has 0 aliphatic carbocycles. The molecule has 1 aromatic heterocycles. The van der Waals surface area contributed by atoms with Gasteiger partial charge in [0.1, 0.15) is 0 Å². The largest absolute Gasteiger partial charge is 0.337 e. The lowest BCUT2D eigenvalue weighted by Crippen LogP contribution is -2.50. The zero-order chi connectivity index (χ0) is 18.8. The van der Waals surface area contributed by atoms with Crippen LogP contribution in [0.5, 0.6) is 0 Å². The number of carbonyl (C=O) groups is 1. The molecule has 4 rings (SSSR count). The molecule has 0 saturated carbocycles. The van der Waals surface area contributed by atoms with Crippen LogP contribution in [0.3, 0.4) is 0 Å². The average Bonchev–Trinajstić information content (AvgIpc) is 3.19. The summed E-state index contributed by atoms with van der Waals surface area (Å²) in [5.74, 6) is 0.149. The summed E-state index contributed by atoms with van der Waals surface area (Å²) in [7, 11) is 2.18. The monoisotopic (exact) mass is 364 g/mol. The van der Waals surface area contributed by atoms with Crippen molar-refractivity contribution in [3.63, 3.8) is 0 Å². The molecule has 2 aliphatic rings. The Bertz CT molecular complexity index is 796. The molecule has 2 aliphatic heterocycles. The fourth-order valence-electron chi connectivity index (χ4n) is 4.15. The van der Waals surface area contributed by atoms with Gasteiger partial charge in [0.15, 0.2) is 0 Å². The number of rotatable bonds is 3. The first-order valence-electron chi connectivity index (χ1n) is 9.86. The molecule has 142 valence electrons. The number of benzene rings is 1. The third kappa shape index (κ3) is 3.89. The van der Waals surface area contributed by atoms with Crippen LogP contribution >= 0.6 is 0 Å². The lowest BCUT2D eigenvalue weighted by atomic mass is 10.0. The minimum atomic E-state index is 0.149. The maximum Gasteiger partial charge on any atom is 0.253 e. The van der Waals surface area contributed by atoms with Gasteiger partial charge in [0.25, 0.3) is 5.91 Å². The summed E-state index contributed by atoms with van der Waals surface area (Å²) in [5.41, 5.74) is 3.95. The van der Waals surface area contributed by atoms with Crippen molar-refractivity contribution in [2.75, 3.05) is 46.3 Å². The van der Waals surface area contributed by atoms with Crippen LogP contribution in [0, 0.1) is 6.92 Å². The smallest absolute Gasteiger partial charge is 0.253 e. The van der Waals surface area contributed by atoms with E-state index in [1.54, 1.807) is 0 Å². The Balaban J connectivity index is 1.41. The molecule has 3 heterocycles. The van der Waals surface area contributed by atoms with Crippen molar-refractivity contribution in [2.24, 2.45) is 0 Å². The molecule has 5 heteroatoms. The Hall–Kier alpha value is -2.24. The first kappa shape index (κ1) is 18.1. The van der Waals surface area contributed by atoms with Gasteiger partial charge in [-0.15, -0.1) is 0 Å². The minimum absolute atomic E-state index is 0.149. The lowest BCUT2D eigenvalue weighted by Gasteiger charge is -2.36. The Labute approximate surface area is 161 Å². The molecule has 5 nitrogen and oxygen atoms in total. The zero-order valence-corrected chi connectivity index (χ0v) is 16.3. The van der Waals surface area contributed by atoms with Crippen molar-refractivity contribution in [2.45, 2.75) is 19.4 Å². The van der Waals surface area contributed by atoms with E-state index in [2.05, 4.69) is 34.8 Å². The highest BCUT2D eigenvalue weighted by atomic mass is 16.2. The van der Waals surface area contributed by atoms with Gasteiger partial charge in [-0.3, -0.25) is 14.7 Å². The van der Waals surface area contributed by atoms with Crippen molar-refractivity contribution in [1.82, 2.24) is 19.7 Å². The second-order valence-corrected chi connectivity index (χ2v) is 7.78. The topological polar surface area (TPSA) is 39.7 Å². The molecule has 0 unspecified atom stereocenters. The fourth-order valence-corrected chi connectivity index (χ4v) is 4.15. The van der Waals surface area contributed by atoms with Crippen LogP contribution < -0.4 is 0 Å². The Kier molecular flexibility index (Phi) is 5.23. The highest BCUT2D eigenvalue weighted by Gasteiger charge is 2.31. The van der Waals surface area contributed by atoms with Crippen LogP contribution in [0.1, 0.15) is 22.3 Å². The predicted octanol–water partition coefficient (Wildman–Crippen LogP) is 2.52. The van der Waals surface area contributed by atoms with Gasteiger partial charge in [-0.25, -0.2) is 0 Å². The van der Waals surface area contributed by atoms with Crippen LogP contribution in [-0.2, 0) is 0 Å². The van der Waals surface area contributed by atoms with Crippen molar-refractivity contribution in [3.8, 4) is 11.3 Å². The number of hydrogen-bond acceptors (Lipinski definition) is 4. The molecule has 1 amide bonds. The van der Waals surface area contributed by atoms with E-state index < -0.39 is 0 Å². The molecule has 0 spiro atoms. The van der Waals surface area contributed by atoms with Crippen molar-refractivity contribution < 1.29 is 4.79 Å². The van der Waals surface area contributed by atoms with Crippen LogP contribution in [0.15, 0.2) is 42.6 Å². The maximum atomic E-state index is 12.9. The van der Waals surface area contributed by atoms with E-state index in [9.17, 15) is 4.79 Å². The quantitative estimate of drug-likeness (QED) is 0.839. The van der Waals surface area contributed by atoms with Crippen molar-refractivity contribution >= 4 is 5.91 Å². The first-order valence-corrected chi connectivity index (χ1v) is 9.86. The number of amides is 1. The Morgan fingerprint density at radius 3 is 2.48 bits per heavy atom. The maximum absolute atomic E-state index is 12.9. The zero-order valence-electron chi connectivity index (χ0n) is 16.3. The van der Waals surface area contributed by atoms with E-state index >= 15 is 0 Å². The number of pyridine rings is 1. The highest BCUT2D eigenvalue weighted by Crippen LogP contribution is 2.23. The average molecular weight is 364 g/mol. The summed E-state index contributed by atoms with van der Waals surface area (Å²) in [6.07, 6.45) is 2.89. The highest BCUT2D eigenvalue weighted by molar-refractivity contribution is 5.95. The van der Waals surface area contributed by atoms with Crippen LogP contribution in [-0.4, -0.2) is 77.9 Å². The lowest BCUT2D eigenvalue weighted by molar-refractivity contribution is 0.0755. The third-order valence-electron chi connectivity index (χ3n) is 5.92. The number of aryl methyl sites for hydroxylation is 1. The number of likely N-dealkylation sites (tertiary alicyclic amines) is 1. The molecule has 1 aromatic carbocycles. The van der Waals surface area contributed by atoms with Gasteiger partial charge in [-0.05, 0) is 44.2 Å². The number of carbonyl (C=O) groups excluding carboxylic acids is 1. The molecule has 2 saturated heterocycles. The predicted molar refractivity (Wildman–Crippen MR) is 108 cm³/mol. The Morgan fingerprint density at radius 1 is 1.04 bits per heavy atom. The van der Waals surface area contributed by atoms with Crippen molar-refractivity contribution in [3.05, 3.63) is 53.7 Å². The summed E-state index contributed by atoms with van der Waals surface area (Å²) < 4.78 is 0. The van der Waals surface area contributed by atoms with Gasteiger partial charge in [-0.1, -0.05) is 18.2 Å². The summed E-state index contributed by atoms with van der Waals surface area (Å²) in [6.45, 7) is 8.24. The second kappa shape index (κ2) is 7.79. The number of likely N-dealkylation sites (N-methyl/N-ethyl adjacent to an activating group) is 1. The molecule has 0 N–H and O–H groups in total. The van der Waals surface area contributed by atoms with E-state index in [4.69, 9.17) is 0 Å². The van der Waals surface area contributed by atoms with Gasteiger partial charge in [0.05, 0.1) is 5.69 Å². The summed E-state index contributed by atoms with van der Waals surface area (Å²) in [4.78, 5) is 24.3. The second-order valence-electron chi connectivity index (χ2n) is 7.78. The number of hydrogen-bond donors (Lipinski definition) is 0. The number of piperazine rings is 1. The number of aromatic nitrogens is 1. The van der Waals surface area contributed by atoms with Gasteiger partial charge in [0.2, 0.25) is 0 Å². The van der Waals surface area contributed by atoms with E-state index in [1.807, 2.05) is 41.4 Å². The molecule has 2 aromatic rings. The Morgan fingerprint density at radius 2 is 1.78 bits per heavy atom. The van der Waals surface area contributed by atoms with Crippen LogP contribution in [0.25, 0.3) is 11.3 Å². The molecule has 2 fully saturated rings. The van der Waals surface area contributed by atoms with Gasteiger partial charge in [0, 0.05) is 62.6 Å². The molecular weight excluding hydrogens is 336 g/mol. The van der Waals surface area contributed by atoms with E-state index in [0.29, 0.717) is 6.04 Å². The first-order chi connectivity index (χ1) is 13.1. The minimum Gasteiger partial charge on any atom is -0.337 e. The molecule has 27 heavy (non-hydrogen) atoms. The summed E-state index contributed by atoms with van der Waals surface area (Å²) in [5, 5.41) is 0. The molecular formula is C22H28N4O. The van der Waals surface area contributed by atoms with Gasteiger partial charge in [-0.2, -0.15) is 0 Å². The normalized spacial score (nSPS) is 21.6. The molecule has 1 atom stereocenters. The summed E-state index contributed by atoms with van der Waals surface area (Å²) >= 11 is 0. The molecule has 0 bridgehead atoms. The van der Waals surface area contributed by atoms with E-state index in [1.165, 1.54) is 0 Å². The third-order valence-corrected chi connectivity index (χ3v) is 5.92. The van der Waals surface area contributed by atoms with Gasteiger partial charge < -0.3 is 9.80 Å². The summed E-state index contributed by atoms with van der Waals surface area (Å²) in [6, 6.07) is 12.4. The van der Waals surface area contributed by atoms with Crippen molar-refractivity contribution in [1.29, 1.82) is 0 Å². The van der Waals surface area contributed by atoms with E-state index in [0.717, 1.165) is 68.1 Å². The molecule has 0 radical (unpaired) electrons. The van der Waals surface area contributed by atoms with E-state index in [-0.39, 0.29) is 5.91 Å². The SMILES string of the molecule is Cc1cccnc1-c1ccc(C(=O)N2CC[C@H](N3CCN(C)CC3)C2)cc1. The van der Waals surface area contributed by atoms with Gasteiger partial charge >= 0.3 is 0 Å². The fraction of sp³-hybridized carbons (Fsp3) is 0.455. The van der Waals surface area contributed by atoms with Crippen LogP contribution in [0.4, 0.5) is 0 Å².